The monoisotopic (exact) mass is 170 g/mol. The van der Waals surface area contributed by atoms with Gasteiger partial charge in [0.1, 0.15) is 0 Å². The van der Waals surface area contributed by atoms with Crippen LogP contribution >= 0.6 is 7.82 Å². The summed E-state index contributed by atoms with van der Waals surface area (Å²) in [5.74, 6) is -0.988. The standard InChI is InChI=1S/C2H5O5P.C2H6/c1-2(3)7-8(4,5)6;1-2/h1H3,(H2,4,5,6);1-2H3. The fraction of sp³-hybridized carbons (Fsp3) is 0.750. The molecule has 0 saturated carbocycles. The number of hydrogen-bond donors (Lipinski definition) is 2. The zero-order chi connectivity index (χ0) is 8.78. The van der Waals surface area contributed by atoms with Crippen LogP contribution in [0.5, 0.6) is 0 Å². The molecule has 0 saturated heterocycles. The summed E-state index contributed by atoms with van der Waals surface area (Å²) in [6, 6.07) is 0. The van der Waals surface area contributed by atoms with Crippen LogP contribution in [0.15, 0.2) is 0 Å². The molecule has 0 atom stereocenters. The lowest BCUT2D eigenvalue weighted by atomic mass is 10.9. The SMILES string of the molecule is CC.CC(=O)OP(=O)(O)O. The third-order valence-corrected chi connectivity index (χ3v) is 0.742. The van der Waals surface area contributed by atoms with Gasteiger partial charge in [-0.15, -0.1) is 0 Å². The molecule has 62 valence electrons. The molecule has 0 heterocycles. The maximum Gasteiger partial charge on any atom is 0.526 e. The van der Waals surface area contributed by atoms with Gasteiger partial charge in [-0.1, -0.05) is 13.8 Å². The van der Waals surface area contributed by atoms with Crippen LogP contribution in [0.25, 0.3) is 0 Å². The molecule has 0 radical (unpaired) electrons. The van der Waals surface area contributed by atoms with Crippen LogP contribution in [0.3, 0.4) is 0 Å². The van der Waals surface area contributed by atoms with Gasteiger partial charge in [-0.25, -0.2) is 4.57 Å². The minimum absolute atomic E-state index is 0.916. The van der Waals surface area contributed by atoms with E-state index in [2.05, 4.69) is 4.52 Å². The third-order valence-electron chi connectivity index (χ3n) is 0.247. The number of phosphoric acid groups is 1. The average molecular weight is 170 g/mol. The molecule has 0 fully saturated rings. The molecule has 5 nitrogen and oxygen atoms in total. The van der Waals surface area contributed by atoms with E-state index in [4.69, 9.17) is 9.79 Å². The van der Waals surface area contributed by atoms with E-state index in [0.717, 1.165) is 6.92 Å². The quantitative estimate of drug-likeness (QED) is 0.565. The van der Waals surface area contributed by atoms with Gasteiger partial charge in [-0.2, -0.15) is 0 Å². The van der Waals surface area contributed by atoms with Gasteiger partial charge in [0.05, 0.1) is 0 Å². The van der Waals surface area contributed by atoms with Crippen LogP contribution in [-0.4, -0.2) is 15.8 Å². The Bertz CT molecular complexity index is 137. The predicted octanol–water partition coefficient (Wildman–Crippen LogP) is 0.668. The smallest absolute Gasteiger partial charge is 0.371 e. The van der Waals surface area contributed by atoms with E-state index in [-0.39, 0.29) is 0 Å². The molecule has 0 aliphatic heterocycles. The maximum atomic E-state index is 9.74. The number of carbonyl (C=O) groups is 1. The first-order valence-corrected chi connectivity index (χ1v) is 4.20. The molecule has 0 unspecified atom stereocenters. The lowest BCUT2D eigenvalue weighted by Gasteiger charge is -1.98. The topological polar surface area (TPSA) is 83.8 Å². The Kier molecular flexibility index (Phi) is 6.66. The molecule has 0 bridgehead atoms. The second-order valence-corrected chi connectivity index (χ2v) is 2.24. The molecule has 6 heteroatoms. The summed E-state index contributed by atoms with van der Waals surface area (Å²) < 4.78 is 13.2. The second-order valence-electron chi connectivity index (χ2n) is 1.07. The van der Waals surface area contributed by atoms with Crippen molar-refractivity contribution in [1.29, 1.82) is 0 Å². The molecule has 0 rings (SSSR count). The number of rotatable bonds is 1. The predicted molar refractivity (Wildman–Crippen MR) is 35.2 cm³/mol. The highest BCUT2D eigenvalue weighted by atomic mass is 31.2. The first-order valence-electron chi connectivity index (χ1n) is 2.67. The van der Waals surface area contributed by atoms with Crippen LogP contribution in [0.1, 0.15) is 20.8 Å². The zero-order valence-electron chi connectivity index (χ0n) is 6.07. The van der Waals surface area contributed by atoms with Gasteiger partial charge in [0.15, 0.2) is 0 Å². The summed E-state index contributed by atoms with van der Waals surface area (Å²) in [5, 5.41) is 0. The zero-order valence-corrected chi connectivity index (χ0v) is 6.96. The van der Waals surface area contributed by atoms with Crippen molar-refractivity contribution >= 4 is 13.8 Å². The largest absolute Gasteiger partial charge is 0.526 e. The first kappa shape index (κ1) is 12.3. The number of hydrogen-bond acceptors (Lipinski definition) is 3. The van der Waals surface area contributed by atoms with E-state index in [0.29, 0.717) is 0 Å². The van der Waals surface area contributed by atoms with Crippen molar-refractivity contribution in [3.05, 3.63) is 0 Å². The highest BCUT2D eigenvalue weighted by molar-refractivity contribution is 7.46. The molecule has 0 aromatic heterocycles. The molecule has 0 aromatic carbocycles. The van der Waals surface area contributed by atoms with Gasteiger partial charge in [-0.05, 0) is 0 Å². The fourth-order valence-electron chi connectivity index (χ4n) is 0.167. The van der Waals surface area contributed by atoms with Crippen LogP contribution in [0.4, 0.5) is 0 Å². The van der Waals surface area contributed by atoms with E-state index in [9.17, 15) is 9.36 Å². The summed E-state index contributed by atoms with van der Waals surface area (Å²) >= 11 is 0. The Morgan fingerprint density at radius 3 is 1.70 bits per heavy atom. The Labute approximate surface area is 59.3 Å². The molecule has 0 aliphatic carbocycles. The highest BCUT2D eigenvalue weighted by Crippen LogP contribution is 2.35. The van der Waals surface area contributed by atoms with E-state index >= 15 is 0 Å². The maximum absolute atomic E-state index is 9.74. The molecular formula is C4H11O5P. The Morgan fingerprint density at radius 1 is 1.40 bits per heavy atom. The Balaban J connectivity index is 0. The van der Waals surface area contributed by atoms with Gasteiger partial charge >= 0.3 is 13.8 Å². The first-order chi connectivity index (χ1) is 4.42. The molecule has 2 N–H and O–H groups in total. The molecular weight excluding hydrogens is 159 g/mol. The molecule has 0 spiro atoms. The molecule has 0 aromatic rings. The number of carbonyl (C=O) groups excluding carboxylic acids is 1. The molecule has 0 amide bonds. The van der Waals surface area contributed by atoms with Crippen LogP contribution in [0.2, 0.25) is 0 Å². The minimum atomic E-state index is -4.57. The lowest BCUT2D eigenvalue weighted by molar-refractivity contribution is -0.133. The van der Waals surface area contributed by atoms with Crippen molar-refractivity contribution in [2.45, 2.75) is 20.8 Å². The summed E-state index contributed by atoms with van der Waals surface area (Å²) in [5.41, 5.74) is 0. The van der Waals surface area contributed by atoms with Crippen molar-refractivity contribution in [3.8, 4) is 0 Å². The van der Waals surface area contributed by atoms with Gasteiger partial charge in [0, 0.05) is 6.92 Å². The summed E-state index contributed by atoms with van der Waals surface area (Å²) in [6.07, 6.45) is 0. The molecule has 10 heavy (non-hydrogen) atoms. The van der Waals surface area contributed by atoms with Crippen molar-refractivity contribution in [2.75, 3.05) is 0 Å². The van der Waals surface area contributed by atoms with Crippen molar-refractivity contribution in [3.63, 3.8) is 0 Å². The van der Waals surface area contributed by atoms with E-state index in [1.807, 2.05) is 13.8 Å². The Hall–Kier alpha value is -0.380. The van der Waals surface area contributed by atoms with Crippen LogP contribution in [-0.2, 0) is 13.9 Å². The van der Waals surface area contributed by atoms with E-state index in [1.54, 1.807) is 0 Å². The van der Waals surface area contributed by atoms with Gasteiger partial charge < -0.3 is 4.52 Å². The minimum Gasteiger partial charge on any atom is -0.371 e. The average Bonchev–Trinajstić information content (AvgIpc) is 1.64. The van der Waals surface area contributed by atoms with Gasteiger partial charge in [0.2, 0.25) is 0 Å². The Morgan fingerprint density at radius 2 is 1.70 bits per heavy atom. The van der Waals surface area contributed by atoms with Crippen LogP contribution < -0.4 is 0 Å². The van der Waals surface area contributed by atoms with Crippen molar-refractivity contribution in [2.24, 2.45) is 0 Å². The van der Waals surface area contributed by atoms with E-state index in [1.165, 1.54) is 0 Å². The summed E-state index contributed by atoms with van der Waals surface area (Å²) in [7, 11) is -4.57. The van der Waals surface area contributed by atoms with Crippen LogP contribution in [0, 0.1) is 0 Å². The fourth-order valence-corrected chi connectivity index (χ4v) is 0.502. The van der Waals surface area contributed by atoms with Gasteiger partial charge in [-0.3, -0.25) is 14.6 Å². The van der Waals surface area contributed by atoms with Crippen molar-refractivity contribution < 1.29 is 23.7 Å². The van der Waals surface area contributed by atoms with E-state index < -0.39 is 13.8 Å². The second kappa shape index (κ2) is 5.41. The number of phosphoric ester groups is 1. The highest BCUT2D eigenvalue weighted by Gasteiger charge is 2.16. The molecule has 0 aliphatic rings. The summed E-state index contributed by atoms with van der Waals surface area (Å²) in [4.78, 5) is 25.5. The normalized spacial score (nSPS) is 9.30. The van der Waals surface area contributed by atoms with Gasteiger partial charge in [0.25, 0.3) is 0 Å². The van der Waals surface area contributed by atoms with Crippen molar-refractivity contribution in [1.82, 2.24) is 0 Å². The lowest BCUT2D eigenvalue weighted by Crippen LogP contribution is -1.94. The summed E-state index contributed by atoms with van der Waals surface area (Å²) in [6.45, 7) is 4.92. The third kappa shape index (κ3) is 15.6.